The number of aryl methyl sites for hydroxylation is 1. The Morgan fingerprint density at radius 1 is 1.39 bits per heavy atom. The summed E-state index contributed by atoms with van der Waals surface area (Å²) >= 11 is 0. The minimum Gasteiger partial charge on any atom is -0.290 e. The normalized spacial score (nSPS) is 26.4. The molecule has 1 fully saturated rings. The van der Waals surface area contributed by atoms with Gasteiger partial charge in [-0.15, -0.1) is 0 Å². The van der Waals surface area contributed by atoms with E-state index in [1.54, 1.807) is 11.1 Å². The quantitative estimate of drug-likeness (QED) is 0.743. The molecule has 2 atom stereocenters. The first-order chi connectivity index (χ1) is 8.83. The molecule has 0 saturated carbocycles. The second kappa shape index (κ2) is 4.74. The van der Waals surface area contributed by atoms with Crippen LogP contribution in [0.1, 0.15) is 36.0 Å². The second-order valence-electron chi connectivity index (χ2n) is 5.60. The van der Waals surface area contributed by atoms with Gasteiger partial charge >= 0.3 is 0 Å². The first kappa shape index (κ1) is 11.7. The van der Waals surface area contributed by atoms with Crippen molar-refractivity contribution in [2.75, 3.05) is 19.6 Å². The summed E-state index contributed by atoms with van der Waals surface area (Å²) < 4.78 is 0. The van der Waals surface area contributed by atoms with Gasteiger partial charge in [-0.3, -0.25) is 4.90 Å². The van der Waals surface area contributed by atoms with Gasteiger partial charge in [0.15, 0.2) is 0 Å². The van der Waals surface area contributed by atoms with E-state index in [0.717, 1.165) is 25.4 Å². The van der Waals surface area contributed by atoms with Crippen LogP contribution >= 0.6 is 0 Å². The fraction of sp³-hybridized carbons (Fsp3) is 0.562. The highest BCUT2D eigenvalue weighted by Gasteiger charge is 2.37. The van der Waals surface area contributed by atoms with Crippen molar-refractivity contribution >= 4 is 0 Å². The molecular weight excluding hydrogens is 220 g/mol. The molecule has 1 aliphatic heterocycles. The van der Waals surface area contributed by atoms with E-state index < -0.39 is 0 Å². The Balaban J connectivity index is 1.92. The van der Waals surface area contributed by atoms with Gasteiger partial charge in [0, 0.05) is 19.0 Å². The zero-order valence-corrected chi connectivity index (χ0v) is 11.0. The fourth-order valence-corrected chi connectivity index (χ4v) is 3.80. The van der Waals surface area contributed by atoms with E-state index in [9.17, 15) is 0 Å². The number of fused-ring (bicyclic) bond motifs is 3. The van der Waals surface area contributed by atoms with E-state index in [0.29, 0.717) is 12.5 Å². The first-order valence-electron chi connectivity index (χ1n) is 7.03. The molecule has 0 amide bonds. The molecule has 1 aliphatic carbocycles. The molecule has 1 heterocycles. The molecule has 0 spiro atoms. The van der Waals surface area contributed by atoms with Crippen LogP contribution in [0.15, 0.2) is 18.2 Å². The van der Waals surface area contributed by atoms with Gasteiger partial charge in [0.1, 0.15) is 0 Å². The number of likely N-dealkylation sites (tertiary alicyclic amines) is 1. The molecule has 94 valence electrons. The van der Waals surface area contributed by atoms with E-state index in [-0.39, 0.29) is 0 Å². The Hall–Kier alpha value is -1.33. The van der Waals surface area contributed by atoms with Crippen molar-refractivity contribution in [3.63, 3.8) is 0 Å². The number of nitrogens with zero attached hydrogens (tertiary/aromatic N) is 2. The van der Waals surface area contributed by atoms with Crippen molar-refractivity contribution in [1.29, 1.82) is 5.26 Å². The van der Waals surface area contributed by atoms with Gasteiger partial charge in [-0.05, 0) is 41.9 Å². The lowest BCUT2D eigenvalue weighted by Crippen LogP contribution is -2.20. The van der Waals surface area contributed by atoms with Crippen LogP contribution < -0.4 is 0 Å². The maximum Gasteiger partial charge on any atom is 0.0866 e. The highest BCUT2D eigenvalue weighted by Crippen LogP contribution is 2.42. The first-order valence-corrected chi connectivity index (χ1v) is 7.03. The van der Waals surface area contributed by atoms with Gasteiger partial charge in [-0.25, -0.2) is 0 Å². The summed E-state index contributed by atoms with van der Waals surface area (Å²) in [6.07, 6.45) is 3.68. The Bertz CT molecular complexity index is 486. The summed E-state index contributed by atoms with van der Waals surface area (Å²) in [6.45, 7) is 5.04. The van der Waals surface area contributed by atoms with E-state index in [1.165, 1.54) is 18.4 Å². The van der Waals surface area contributed by atoms with Gasteiger partial charge in [0.05, 0.1) is 12.6 Å². The van der Waals surface area contributed by atoms with Gasteiger partial charge in [-0.2, -0.15) is 5.26 Å². The van der Waals surface area contributed by atoms with E-state index in [1.807, 2.05) is 0 Å². The number of benzene rings is 1. The Kier molecular flexibility index (Phi) is 3.09. The highest BCUT2D eigenvalue weighted by atomic mass is 15.1. The average molecular weight is 240 g/mol. The van der Waals surface area contributed by atoms with Crippen molar-refractivity contribution < 1.29 is 0 Å². The summed E-state index contributed by atoms with van der Waals surface area (Å²) in [5.74, 6) is 1.45. The van der Waals surface area contributed by atoms with Gasteiger partial charge in [-0.1, -0.05) is 25.1 Å². The standard InChI is InChI=1S/C16H20N2/c1-2-12-4-3-5-15-14(12)7-6-13-10-18(9-8-17)11-16(13)15/h3-5,13,16H,2,6-7,9-11H2,1H3/t13-,16+/m0/s1. The molecule has 0 N–H and O–H groups in total. The maximum absolute atomic E-state index is 8.85. The smallest absolute Gasteiger partial charge is 0.0866 e. The third-order valence-corrected chi connectivity index (χ3v) is 4.67. The molecule has 0 unspecified atom stereocenters. The number of hydrogen-bond acceptors (Lipinski definition) is 2. The molecule has 2 heteroatoms. The van der Waals surface area contributed by atoms with Crippen molar-refractivity contribution in [3.05, 3.63) is 34.9 Å². The van der Waals surface area contributed by atoms with Crippen LogP contribution in [0.2, 0.25) is 0 Å². The number of hydrogen-bond donors (Lipinski definition) is 0. The lowest BCUT2D eigenvalue weighted by molar-refractivity contribution is 0.357. The summed E-state index contributed by atoms with van der Waals surface area (Å²) in [6, 6.07) is 9.11. The topological polar surface area (TPSA) is 27.0 Å². The van der Waals surface area contributed by atoms with Crippen LogP contribution in [-0.2, 0) is 12.8 Å². The zero-order valence-electron chi connectivity index (χ0n) is 11.0. The zero-order chi connectivity index (χ0) is 12.5. The average Bonchev–Trinajstić information content (AvgIpc) is 2.81. The summed E-state index contributed by atoms with van der Waals surface area (Å²) in [4.78, 5) is 2.32. The largest absolute Gasteiger partial charge is 0.290 e. The maximum atomic E-state index is 8.85. The Morgan fingerprint density at radius 3 is 3.06 bits per heavy atom. The van der Waals surface area contributed by atoms with Crippen LogP contribution in [-0.4, -0.2) is 24.5 Å². The highest BCUT2D eigenvalue weighted by molar-refractivity contribution is 5.41. The van der Waals surface area contributed by atoms with E-state index >= 15 is 0 Å². The third kappa shape index (κ3) is 1.83. The van der Waals surface area contributed by atoms with Gasteiger partial charge in [0.2, 0.25) is 0 Å². The summed E-state index contributed by atoms with van der Waals surface area (Å²) in [5.41, 5.74) is 4.72. The van der Waals surface area contributed by atoms with Crippen LogP contribution in [0.3, 0.4) is 0 Å². The van der Waals surface area contributed by atoms with Crippen LogP contribution in [0.5, 0.6) is 0 Å². The Labute approximate surface area is 109 Å². The molecule has 1 aromatic rings. The van der Waals surface area contributed by atoms with Crippen molar-refractivity contribution in [2.24, 2.45) is 5.92 Å². The van der Waals surface area contributed by atoms with Crippen molar-refractivity contribution in [2.45, 2.75) is 32.1 Å². The minimum atomic E-state index is 0.593. The number of nitriles is 1. The second-order valence-corrected chi connectivity index (χ2v) is 5.60. The molecule has 18 heavy (non-hydrogen) atoms. The SMILES string of the molecule is CCc1cccc2c1CC[C@H]1CN(CC#N)C[C@@H]21. The lowest BCUT2D eigenvalue weighted by atomic mass is 9.75. The van der Waals surface area contributed by atoms with Crippen LogP contribution in [0.25, 0.3) is 0 Å². The minimum absolute atomic E-state index is 0.593. The lowest BCUT2D eigenvalue weighted by Gasteiger charge is -2.29. The molecule has 3 rings (SSSR count). The van der Waals surface area contributed by atoms with E-state index in [2.05, 4.69) is 36.1 Å². The summed E-state index contributed by atoms with van der Waals surface area (Å²) in [5, 5.41) is 8.85. The van der Waals surface area contributed by atoms with Crippen LogP contribution in [0.4, 0.5) is 0 Å². The molecule has 0 radical (unpaired) electrons. The molecule has 2 nitrogen and oxygen atoms in total. The predicted octanol–water partition coefficient (Wildman–Crippen LogP) is 2.73. The molecule has 1 saturated heterocycles. The van der Waals surface area contributed by atoms with Crippen LogP contribution in [0, 0.1) is 17.2 Å². The molecule has 0 bridgehead atoms. The van der Waals surface area contributed by atoms with Crippen molar-refractivity contribution in [3.8, 4) is 6.07 Å². The third-order valence-electron chi connectivity index (χ3n) is 4.67. The summed E-state index contributed by atoms with van der Waals surface area (Å²) in [7, 11) is 0. The fourth-order valence-electron chi connectivity index (χ4n) is 3.80. The van der Waals surface area contributed by atoms with Gasteiger partial charge in [0.25, 0.3) is 0 Å². The van der Waals surface area contributed by atoms with Crippen molar-refractivity contribution in [1.82, 2.24) is 4.90 Å². The Morgan fingerprint density at radius 2 is 2.28 bits per heavy atom. The van der Waals surface area contributed by atoms with E-state index in [4.69, 9.17) is 5.26 Å². The molecule has 1 aromatic carbocycles. The monoisotopic (exact) mass is 240 g/mol. The number of rotatable bonds is 2. The molecule has 0 aromatic heterocycles. The predicted molar refractivity (Wildman–Crippen MR) is 72.4 cm³/mol. The molecular formula is C16H20N2. The molecule has 2 aliphatic rings. The van der Waals surface area contributed by atoms with Gasteiger partial charge < -0.3 is 0 Å².